The highest BCUT2D eigenvalue weighted by Gasteiger charge is 2.32. The maximum absolute atomic E-state index is 12.3. The van der Waals surface area contributed by atoms with Crippen molar-refractivity contribution in [2.24, 2.45) is 5.92 Å². The summed E-state index contributed by atoms with van der Waals surface area (Å²) in [6, 6.07) is 10.0. The van der Waals surface area contributed by atoms with Gasteiger partial charge in [0.05, 0.1) is 11.6 Å². The fourth-order valence-corrected chi connectivity index (χ4v) is 4.51. The quantitative estimate of drug-likeness (QED) is 0.749. The number of hydrogen-bond acceptors (Lipinski definition) is 3. The second-order valence-corrected chi connectivity index (χ2v) is 7.96. The van der Waals surface area contributed by atoms with Gasteiger partial charge in [-0.05, 0) is 30.1 Å². The van der Waals surface area contributed by atoms with Crippen LogP contribution in [0.5, 0.6) is 0 Å². The number of aliphatic hydroxyl groups is 1. The molecule has 3 N–H and O–H groups in total. The van der Waals surface area contributed by atoms with E-state index in [1.54, 1.807) is 11.8 Å². The summed E-state index contributed by atoms with van der Waals surface area (Å²) in [6.07, 6.45) is 5.59. The maximum Gasteiger partial charge on any atom is 0.315 e. The molecule has 1 aromatic rings. The summed E-state index contributed by atoms with van der Waals surface area (Å²) in [5.41, 5.74) is 0.419. The molecule has 2 amide bonds. The summed E-state index contributed by atoms with van der Waals surface area (Å²) in [5, 5.41) is 16.3. The summed E-state index contributed by atoms with van der Waals surface area (Å²) in [7, 11) is 0. The molecule has 5 heteroatoms. The van der Waals surface area contributed by atoms with Gasteiger partial charge in [-0.15, -0.1) is 0 Å². The fourth-order valence-electron chi connectivity index (χ4n) is 3.22. The van der Waals surface area contributed by atoms with Crippen LogP contribution in [-0.2, 0) is 0 Å². The van der Waals surface area contributed by atoms with E-state index in [0.717, 1.165) is 30.1 Å². The Bertz CT molecular complexity index is 513. The highest BCUT2D eigenvalue weighted by molar-refractivity contribution is 7.99. The van der Waals surface area contributed by atoms with Gasteiger partial charge in [0.25, 0.3) is 0 Å². The molecule has 126 valence electrons. The van der Waals surface area contributed by atoms with Crippen LogP contribution < -0.4 is 10.6 Å². The molecule has 0 spiro atoms. The molecule has 0 aromatic heterocycles. The Morgan fingerprint density at radius 3 is 2.74 bits per heavy atom. The molecule has 1 saturated heterocycles. The molecule has 3 rings (SSSR count). The van der Waals surface area contributed by atoms with E-state index in [4.69, 9.17) is 0 Å². The van der Waals surface area contributed by atoms with Crippen LogP contribution in [-0.4, -0.2) is 34.8 Å². The molecule has 4 nitrogen and oxygen atoms in total. The zero-order valence-electron chi connectivity index (χ0n) is 13.5. The van der Waals surface area contributed by atoms with Crippen molar-refractivity contribution in [3.05, 3.63) is 35.9 Å². The first-order chi connectivity index (χ1) is 11.1. The number of thioether (sulfide) groups is 1. The molecule has 2 atom stereocenters. The van der Waals surface area contributed by atoms with Crippen molar-refractivity contribution in [3.63, 3.8) is 0 Å². The lowest BCUT2D eigenvalue weighted by Gasteiger charge is -2.31. The van der Waals surface area contributed by atoms with E-state index in [0.29, 0.717) is 12.3 Å². The van der Waals surface area contributed by atoms with Crippen molar-refractivity contribution in [1.82, 2.24) is 10.6 Å². The third-order valence-electron chi connectivity index (χ3n) is 4.96. The van der Waals surface area contributed by atoms with Gasteiger partial charge >= 0.3 is 6.03 Å². The second kappa shape index (κ2) is 7.58. The van der Waals surface area contributed by atoms with Crippen molar-refractivity contribution in [2.75, 3.05) is 18.1 Å². The highest BCUT2D eigenvalue weighted by Crippen LogP contribution is 2.34. The van der Waals surface area contributed by atoms with Crippen LogP contribution in [0, 0.1) is 5.92 Å². The minimum Gasteiger partial charge on any atom is -0.387 e. The predicted octanol–water partition coefficient (Wildman–Crippen LogP) is 3.09. The van der Waals surface area contributed by atoms with E-state index in [9.17, 15) is 9.90 Å². The Morgan fingerprint density at radius 2 is 2.13 bits per heavy atom. The van der Waals surface area contributed by atoms with Gasteiger partial charge in [-0.25, -0.2) is 4.79 Å². The van der Waals surface area contributed by atoms with Crippen molar-refractivity contribution in [1.29, 1.82) is 0 Å². The maximum atomic E-state index is 12.3. The first-order valence-electron chi connectivity index (χ1n) is 8.54. The lowest BCUT2D eigenvalue weighted by atomic mass is 9.79. The van der Waals surface area contributed by atoms with Crippen LogP contribution in [0.3, 0.4) is 0 Å². The lowest BCUT2D eigenvalue weighted by Crippen LogP contribution is -2.47. The average Bonchev–Trinajstić information content (AvgIpc) is 2.96. The molecule has 2 aliphatic rings. The van der Waals surface area contributed by atoms with Crippen molar-refractivity contribution >= 4 is 17.8 Å². The van der Waals surface area contributed by atoms with E-state index in [2.05, 4.69) is 22.8 Å². The van der Waals surface area contributed by atoms with E-state index in [-0.39, 0.29) is 12.1 Å². The second-order valence-electron chi connectivity index (χ2n) is 6.85. The third-order valence-corrected chi connectivity index (χ3v) is 6.20. The lowest BCUT2D eigenvalue weighted by molar-refractivity contribution is 0.0697. The summed E-state index contributed by atoms with van der Waals surface area (Å²) in [6.45, 7) is 0.330. The summed E-state index contributed by atoms with van der Waals surface area (Å²) in [4.78, 5) is 12.3. The normalized spacial score (nSPS) is 25.6. The topological polar surface area (TPSA) is 61.4 Å². The molecule has 1 aliphatic carbocycles. The van der Waals surface area contributed by atoms with Gasteiger partial charge in [0.2, 0.25) is 0 Å². The zero-order valence-corrected chi connectivity index (χ0v) is 14.3. The first-order valence-corrected chi connectivity index (χ1v) is 9.70. The van der Waals surface area contributed by atoms with E-state index < -0.39 is 5.60 Å². The summed E-state index contributed by atoms with van der Waals surface area (Å²) < 4.78 is 0. The molecule has 2 unspecified atom stereocenters. The van der Waals surface area contributed by atoms with Gasteiger partial charge < -0.3 is 15.7 Å². The van der Waals surface area contributed by atoms with Crippen LogP contribution in [0.1, 0.15) is 43.7 Å². The third kappa shape index (κ3) is 4.64. The average molecular weight is 334 g/mol. The Kier molecular flexibility index (Phi) is 5.49. The molecular formula is C18H26N2O2S. The predicted molar refractivity (Wildman–Crippen MR) is 94.6 cm³/mol. The largest absolute Gasteiger partial charge is 0.387 e. The zero-order chi connectivity index (χ0) is 16.1. The highest BCUT2D eigenvalue weighted by atomic mass is 32.2. The number of nitrogens with one attached hydrogen (secondary N) is 2. The van der Waals surface area contributed by atoms with E-state index >= 15 is 0 Å². The molecule has 1 aliphatic heterocycles. The molecular weight excluding hydrogens is 308 g/mol. The van der Waals surface area contributed by atoms with Gasteiger partial charge in [-0.2, -0.15) is 11.8 Å². The number of urea groups is 1. The van der Waals surface area contributed by atoms with E-state index in [1.165, 1.54) is 19.3 Å². The molecule has 1 saturated carbocycles. The Balaban J connectivity index is 1.55. The molecule has 1 aromatic carbocycles. The number of hydrogen-bond donors (Lipinski definition) is 3. The Hall–Kier alpha value is -1.20. The molecule has 23 heavy (non-hydrogen) atoms. The minimum atomic E-state index is -0.738. The fraction of sp³-hybridized carbons (Fsp3) is 0.611. The molecule has 1 heterocycles. The van der Waals surface area contributed by atoms with Crippen LogP contribution in [0.25, 0.3) is 0 Å². The minimum absolute atomic E-state index is 0.0501. The van der Waals surface area contributed by atoms with Gasteiger partial charge in [0, 0.05) is 12.3 Å². The Labute approximate surface area is 142 Å². The number of benzene rings is 1. The van der Waals surface area contributed by atoms with Crippen molar-refractivity contribution < 1.29 is 9.90 Å². The van der Waals surface area contributed by atoms with Crippen LogP contribution in [0.4, 0.5) is 4.79 Å². The van der Waals surface area contributed by atoms with Crippen LogP contribution in [0.2, 0.25) is 0 Å². The first kappa shape index (κ1) is 16.7. The van der Waals surface area contributed by atoms with Crippen LogP contribution >= 0.6 is 11.8 Å². The number of amides is 2. The number of carbonyl (C=O) groups excluding carboxylic acids is 1. The SMILES string of the molecule is O=C(NCC1(O)CCSC1)NC(CC1CCC1)c1ccccc1. The van der Waals surface area contributed by atoms with Gasteiger partial charge in [0.15, 0.2) is 0 Å². The molecule has 0 bridgehead atoms. The molecule has 2 fully saturated rings. The van der Waals surface area contributed by atoms with Crippen LogP contribution in [0.15, 0.2) is 30.3 Å². The van der Waals surface area contributed by atoms with Crippen molar-refractivity contribution in [3.8, 4) is 0 Å². The van der Waals surface area contributed by atoms with Gasteiger partial charge in [-0.3, -0.25) is 0 Å². The van der Waals surface area contributed by atoms with Gasteiger partial charge in [0.1, 0.15) is 0 Å². The standard InChI is InChI=1S/C18H26N2O2S/c21-17(19-12-18(22)9-10-23-13-18)20-16(11-14-5-4-6-14)15-7-2-1-3-8-15/h1-3,7-8,14,16,22H,4-6,9-13H2,(H2,19,20,21). The Morgan fingerprint density at radius 1 is 1.35 bits per heavy atom. The van der Waals surface area contributed by atoms with Crippen molar-refractivity contribution in [2.45, 2.75) is 43.7 Å². The number of carbonyl (C=O) groups is 1. The van der Waals surface area contributed by atoms with E-state index in [1.807, 2.05) is 18.2 Å². The summed E-state index contributed by atoms with van der Waals surface area (Å²) in [5.74, 6) is 2.39. The number of rotatable bonds is 6. The monoisotopic (exact) mass is 334 g/mol. The summed E-state index contributed by atoms with van der Waals surface area (Å²) >= 11 is 1.74. The molecule has 0 radical (unpaired) electrons. The van der Waals surface area contributed by atoms with Gasteiger partial charge in [-0.1, -0.05) is 49.6 Å². The smallest absolute Gasteiger partial charge is 0.315 e.